The maximum absolute atomic E-state index is 9.84. The van der Waals surface area contributed by atoms with Crippen molar-refractivity contribution in [3.63, 3.8) is 0 Å². The summed E-state index contributed by atoms with van der Waals surface area (Å²) >= 11 is 0. The molecule has 0 amide bonds. The Morgan fingerprint density at radius 2 is 1.93 bits per heavy atom. The largest absolute Gasteiger partial charge is 0.390 e. The minimum Gasteiger partial charge on any atom is -0.390 e. The van der Waals surface area contributed by atoms with Crippen LogP contribution in [0.2, 0.25) is 0 Å². The van der Waals surface area contributed by atoms with Gasteiger partial charge in [-0.1, -0.05) is 24.3 Å². The molecule has 0 atom stereocenters. The van der Waals surface area contributed by atoms with Crippen molar-refractivity contribution in [2.75, 3.05) is 0 Å². The third kappa shape index (κ3) is 2.07. The molecule has 0 heterocycles. The van der Waals surface area contributed by atoms with E-state index in [1.54, 1.807) is 5.56 Å². The monoisotopic (exact) mass is 202 g/mol. The highest BCUT2D eigenvalue weighted by Gasteiger charge is 2.39. The molecule has 0 radical (unpaired) electrons. The summed E-state index contributed by atoms with van der Waals surface area (Å²) in [5, 5.41) is 9.84. The zero-order chi connectivity index (χ0) is 10.3. The summed E-state index contributed by atoms with van der Waals surface area (Å²) in [7, 11) is 0. The van der Waals surface area contributed by atoms with Gasteiger partial charge in [0.25, 0.3) is 0 Å². The molecule has 1 heteroatoms. The number of aliphatic hydroxyl groups is 1. The minimum absolute atomic E-state index is 0.295. The van der Waals surface area contributed by atoms with E-state index in [2.05, 4.69) is 24.3 Å². The van der Waals surface area contributed by atoms with Crippen LogP contribution in [0.15, 0.2) is 24.3 Å². The summed E-state index contributed by atoms with van der Waals surface area (Å²) in [6.07, 6.45) is 6.76. The van der Waals surface area contributed by atoms with Crippen LogP contribution in [-0.4, -0.2) is 10.7 Å². The first-order chi connectivity index (χ1) is 7.27. The molecule has 0 aromatic heterocycles. The van der Waals surface area contributed by atoms with E-state index >= 15 is 0 Å². The highest BCUT2D eigenvalue weighted by molar-refractivity contribution is 5.33. The molecular formula is C14H18O. The van der Waals surface area contributed by atoms with Crippen molar-refractivity contribution in [2.45, 2.75) is 50.0 Å². The lowest BCUT2D eigenvalue weighted by atomic mass is 9.97. The maximum Gasteiger partial charge on any atom is 0.0653 e. The van der Waals surface area contributed by atoms with Crippen LogP contribution < -0.4 is 0 Å². The van der Waals surface area contributed by atoms with Crippen molar-refractivity contribution in [1.82, 2.24) is 0 Å². The van der Waals surface area contributed by atoms with Gasteiger partial charge in [-0.2, -0.15) is 0 Å². The lowest BCUT2D eigenvalue weighted by molar-refractivity contribution is 0.140. The summed E-state index contributed by atoms with van der Waals surface area (Å²) in [6.45, 7) is 0. The van der Waals surface area contributed by atoms with Gasteiger partial charge in [-0.15, -0.1) is 0 Å². The van der Waals surface area contributed by atoms with Gasteiger partial charge in [-0.3, -0.25) is 0 Å². The summed E-state index contributed by atoms with van der Waals surface area (Å²) in [6, 6.07) is 8.77. The van der Waals surface area contributed by atoms with Crippen molar-refractivity contribution >= 4 is 0 Å². The predicted molar refractivity (Wildman–Crippen MR) is 60.9 cm³/mol. The normalized spacial score (nSPS) is 22.7. The van der Waals surface area contributed by atoms with Gasteiger partial charge in [-0.25, -0.2) is 0 Å². The van der Waals surface area contributed by atoms with Crippen LogP contribution in [0.1, 0.15) is 49.1 Å². The number of benzene rings is 1. The third-order valence-electron chi connectivity index (χ3n) is 3.76. The minimum atomic E-state index is -0.295. The van der Waals surface area contributed by atoms with Crippen LogP contribution in [0.5, 0.6) is 0 Å². The Bertz CT molecular complexity index is 361. The number of hydrogen-bond donors (Lipinski definition) is 1. The number of rotatable bonds is 4. The highest BCUT2D eigenvalue weighted by atomic mass is 16.3. The van der Waals surface area contributed by atoms with Crippen molar-refractivity contribution in [1.29, 1.82) is 0 Å². The van der Waals surface area contributed by atoms with Crippen LogP contribution >= 0.6 is 0 Å². The Hall–Kier alpha value is -0.820. The Kier molecular flexibility index (Phi) is 2.10. The van der Waals surface area contributed by atoms with E-state index < -0.39 is 0 Å². The van der Waals surface area contributed by atoms with Crippen molar-refractivity contribution in [3.8, 4) is 0 Å². The fraction of sp³-hybridized carbons (Fsp3) is 0.571. The maximum atomic E-state index is 9.84. The second-order valence-electron chi connectivity index (χ2n) is 5.20. The van der Waals surface area contributed by atoms with E-state index in [1.165, 1.54) is 18.4 Å². The van der Waals surface area contributed by atoms with Gasteiger partial charge in [0.1, 0.15) is 0 Å². The molecule has 1 N–H and O–H groups in total. The molecule has 0 bridgehead atoms. The smallest absolute Gasteiger partial charge is 0.0653 e. The van der Waals surface area contributed by atoms with Crippen LogP contribution in [0.3, 0.4) is 0 Å². The molecule has 0 saturated heterocycles. The van der Waals surface area contributed by atoms with Gasteiger partial charge in [-0.05, 0) is 55.6 Å². The van der Waals surface area contributed by atoms with Crippen LogP contribution in [0.25, 0.3) is 0 Å². The molecule has 3 rings (SSSR count). The third-order valence-corrected chi connectivity index (χ3v) is 3.76. The molecule has 2 aliphatic carbocycles. The van der Waals surface area contributed by atoms with Gasteiger partial charge < -0.3 is 5.11 Å². The molecule has 0 aliphatic heterocycles. The van der Waals surface area contributed by atoms with Gasteiger partial charge in [0, 0.05) is 0 Å². The molecule has 2 saturated carbocycles. The zero-order valence-electron chi connectivity index (χ0n) is 9.08. The zero-order valence-corrected chi connectivity index (χ0v) is 9.08. The van der Waals surface area contributed by atoms with E-state index in [-0.39, 0.29) is 5.60 Å². The fourth-order valence-corrected chi connectivity index (χ4v) is 2.32. The predicted octanol–water partition coefficient (Wildman–Crippen LogP) is 3.02. The van der Waals surface area contributed by atoms with Crippen molar-refractivity contribution in [2.24, 2.45) is 0 Å². The van der Waals surface area contributed by atoms with Gasteiger partial charge in [0.2, 0.25) is 0 Å². The van der Waals surface area contributed by atoms with Gasteiger partial charge in [0.15, 0.2) is 0 Å². The second kappa shape index (κ2) is 3.34. The molecule has 2 fully saturated rings. The lowest BCUT2D eigenvalue weighted by Gasteiger charge is -2.11. The van der Waals surface area contributed by atoms with Gasteiger partial charge >= 0.3 is 0 Å². The van der Waals surface area contributed by atoms with Crippen LogP contribution in [0, 0.1) is 0 Å². The molecule has 1 aromatic rings. The first-order valence-electron chi connectivity index (χ1n) is 6.07. The van der Waals surface area contributed by atoms with E-state index in [9.17, 15) is 5.11 Å². The molecule has 15 heavy (non-hydrogen) atoms. The van der Waals surface area contributed by atoms with E-state index in [0.717, 1.165) is 31.6 Å². The second-order valence-corrected chi connectivity index (χ2v) is 5.20. The molecule has 0 spiro atoms. The molecule has 80 valence electrons. The molecule has 2 aliphatic rings. The van der Waals surface area contributed by atoms with Crippen molar-refractivity contribution in [3.05, 3.63) is 35.4 Å². The quantitative estimate of drug-likeness (QED) is 0.795. The lowest BCUT2D eigenvalue weighted by Crippen LogP contribution is -2.08. The van der Waals surface area contributed by atoms with E-state index in [1.807, 2.05) is 0 Å². The molecule has 1 nitrogen and oxygen atoms in total. The fourth-order valence-electron chi connectivity index (χ4n) is 2.32. The van der Waals surface area contributed by atoms with Crippen molar-refractivity contribution < 1.29 is 5.11 Å². The SMILES string of the molecule is OC1(CCc2ccccc2C2CC2)CC1. The Morgan fingerprint density at radius 1 is 1.20 bits per heavy atom. The molecule has 0 unspecified atom stereocenters. The molecule has 1 aromatic carbocycles. The Balaban J connectivity index is 1.72. The van der Waals surface area contributed by atoms with Crippen LogP contribution in [-0.2, 0) is 6.42 Å². The van der Waals surface area contributed by atoms with Crippen LogP contribution in [0.4, 0.5) is 0 Å². The van der Waals surface area contributed by atoms with E-state index in [0.29, 0.717) is 0 Å². The number of aryl methyl sites for hydroxylation is 1. The summed E-state index contributed by atoms with van der Waals surface area (Å²) in [5.74, 6) is 0.829. The first-order valence-corrected chi connectivity index (χ1v) is 6.07. The Labute approximate surface area is 91.1 Å². The topological polar surface area (TPSA) is 20.2 Å². The summed E-state index contributed by atoms with van der Waals surface area (Å²) in [5.41, 5.74) is 2.72. The van der Waals surface area contributed by atoms with Gasteiger partial charge in [0.05, 0.1) is 5.60 Å². The highest BCUT2D eigenvalue weighted by Crippen LogP contribution is 2.43. The van der Waals surface area contributed by atoms with E-state index in [4.69, 9.17) is 0 Å². The average Bonchev–Trinajstić information content (AvgIpc) is 3.11. The average molecular weight is 202 g/mol. The Morgan fingerprint density at radius 3 is 2.60 bits per heavy atom. The standard InChI is InChI=1S/C14H18O/c15-14(9-10-14)8-7-11-3-1-2-4-13(11)12-5-6-12/h1-4,12,15H,5-10H2. The summed E-state index contributed by atoms with van der Waals surface area (Å²) < 4.78 is 0. The summed E-state index contributed by atoms with van der Waals surface area (Å²) in [4.78, 5) is 0. The number of hydrogen-bond acceptors (Lipinski definition) is 1. The molecular weight excluding hydrogens is 184 g/mol. The first kappa shape index (κ1) is 9.41.